The average Bonchev–Trinajstić information content (AvgIpc) is 1.97. The molecule has 1 N–H and O–H groups in total. The monoisotopic (exact) mass is 172 g/mol. The number of nitriles is 1. The molecule has 5 heteroatoms. The van der Waals surface area contributed by atoms with Gasteiger partial charge in [-0.25, -0.2) is 4.39 Å². The molecule has 0 aliphatic heterocycles. The fourth-order valence-electron chi connectivity index (χ4n) is 0.564. The molecule has 0 aliphatic rings. The molecule has 1 heterocycles. The van der Waals surface area contributed by atoms with Crippen LogP contribution < -0.4 is 0 Å². The van der Waals surface area contributed by atoms with Gasteiger partial charge in [0.05, 0.1) is 0 Å². The van der Waals surface area contributed by atoms with E-state index in [2.05, 4.69) is 12.2 Å². The van der Waals surface area contributed by atoms with Crippen molar-refractivity contribution >= 4 is 12.2 Å². The van der Waals surface area contributed by atoms with Crippen LogP contribution in [-0.4, -0.2) is 4.98 Å². The summed E-state index contributed by atoms with van der Waals surface area (Å²) in [6.45, 7) is 0. The maximum atomic E-state index is 12.5. The Morgan fingerprint density at radius 2 is 2.18 bits per heavy atom. The molecule has 0 saturated carbocycles. The first-order valence-corrected chi connectivity index (χ1v) is 3.04. The molecular formula is C6H2F2N2S. The lowest BCUT2D eigenvalue weighted by molar-refractivity contribution is 0.552. The lowest BCUT2D eigenvalue weighted by Gasteiger charge is -1.92. The number of aromatic amines is 1. The van der Waals surface area contributed by atoms with Crippen molar-refractivity contribution < 1.29 is 8.78 Å². The number of aromatic nitrogens is 1. The highest BCUT2D eigenvalue weighted by molar-refractivity contribution is 7.71. The van der Waals surface area contributed by atoms with Gasteiger partial charge in [-0.1, -0.05) is 12.2 Å². The Hall–Kier alpha value is -1.28. The molecule has 0 atom stereocenters. The van der Waals surface area contributed by atoms with Crippen molar-refractivity contribution in [2.45, 2.75) is 0 Å². The van der Waals surface area contributed by atoms with Crippen molar-refractivity contribution in [3.05, 3.63) is 28.0 Å². The molecule has 0 aliphatic carbocycles. The maximum absolute atomic E-state index is 12.5. The van der Waals surface area contributed by atoms with E-state index in [1.807, 2.05) is 4.98 Å². The van der Waals surface area contributed by atoms with Crippen LogP contribution in [-0.2, 0) is 0 Å². The predicted octanol–water partition coefficient (Wildman–Crippen LogP) is 1.89. The molecule has 1 aromatic heterocycles. The molecule has 0 saturated heterocycles. The third-order valence-corrected chi connectivity index (χ3v) is 1.37. The van der Waals surface area contributed by atoms with Crippen molar-refractivity contribution in [1.29, 1.82) is 5.26 Å². The van der Waals surface area contributed by atoms with Gasteiger partial charge >= 0.3 is 0 Å². The topological polar surface area (TPSA) is 39.6 Å². The molecule has 0 aromatic carbocycles. The molecule has 1 aromatic rings. The Kier molecular flexibility index (Phi) is 1.96. The second-order valence-corrected chi connectivity index (χ2v) is 2.19. The lowest BCUT2D eigenvalue weighted by Crippen LogP contribution is -1.92. The summed E-state index contributed by atoms with van der Waals surface area (Å²) in [6, 6.07) is 2.23. The first-order valence-electron chi connectivity index (χ1n) is 2.63. The van der Waals surface area contributed by atoms with Gasteiger partial charge in [0.25, 0.3) is 0 Å². The molecule has 1 rings (SSSR count). The van der Waals surface area contributed by atoms with E-state index in [4.69, 9.17) is 5.26 Å². The van der Waals surface area contributed by atoms with E-state index in [-0.39, 0.29) is 10.2 Å². The van der Waals surface area contributed by atoms with Crippen molar-refractivity contribution in [3.63, 3.8) is 0 Å². The Labute approximate surface area is 66.1 Å². The van der Waals surface area contributed by atoms with Crippen LogP contribution in [0, 0.1) is 27.7 Å². The van der Waals surface area contributed by atoms with Crippen LogP contribution in [0.25, 0.3) is 0 Å². The summed E-state index contributed by atoms with van der Waals surface area (Å²) in [7, 11) is 0. The number of nitrogens with one attached hydrogen (secondary N) is 1. The zero-order chi connectivity index (χ0) is 8.43. The van der Waals surface area contributed by atoms with E-state index in [0.29, 0.717) is 0 Å². The zero-order valence-electron chi connectivity index (χ0n) is 5.19. The molecule has 0 bridgehead atoms. The largest absolute Gasteiger partial charge is 0.319 e. The minimum Gasteiger partial charge on any atom is -0.319 e. The number of halogens is 2. The Morgan fingerprint density at radius 1 is 1.55 bits per heavy atom. The fourth-order valence-corrected chi connectivity index (χ4v) is 0.712. The van der Waals surface area contributed by atoms with Crippen LogP contribution in [0.4, 0.5) is 8.78 Å². The van der Waals surface area contributed by atoms with Crippen LogP contribution in [0.15, 0.2) is 6.07 Å². The number of pyridine rings is 1. The second kappa shape index (κ2) is 2.76. The van der Waals surface area contributed by atoms with E-state index in [9.17, 15) is 8.78 Å². The van der Waals surface area contributed by atoms with Crippen LogP contribution in [0.1, 0.15) is 5.56 Å². The van der Waals surface area contributed by atoms with Gasteiger partial charge in [-0.05, 0) is 6.07 Å². The highest BCUT2D eigenvalue weighted by Gasteiger charge is 2.03. The molecule has 11 heavy (non-hydrogen) atoms. The molecule has 0 radical (unpaired) electrons. The van der Waals surface area contributed by atoms with Crippen LogP contribution >= 0.6 is 12.2 Å². The third-order valence-electron chi connectivity index (χ3n) is 1.07. The van der Waals surface area contributed by atoms with Gasteiger partial charge in [0.15, 0.2) is 5.82 Å². The zero-order valence-corrected chi connectivity index (χ0v) is 6.01. The van der Waals surface area contributed by atoms with Crippen LogP contribution in [0.3, 0.4) is 0 Å². The summed E-state index contributed by atoms with van der Waals surface area (Å²) in [5, 5.41) is 8.22. The Bertz CT molecular complexity index is 377. The van der Waals surface area contributed by atoms with Crippen molar-refractivity contribution in [2.24, 2.45) is 0 Å². The van der Waals surface area contributed by atoms with E-state index in [1.165, 1.54) is 6.07 Å². The van der Waals surface area contributed by atoms with Gasteiger partial charge in [0.2, 0.25) is 5.95 Å². The summed E-state index contributed by atoms with van der Waals surface area (Å²) in [5.41, 5.74) is -0.379. The van der Waals surface area contributed by atoms with Gasteiger partial charge in [0.1, 0.15) is 16.3 Å². The highest BCUT2D eigenvalue weighted by atomic mass is 32.1. The molecule has 56 valence electrons. The van der Waals surface area contributed by atoms with Gasteiger partial charge in [-0.2, -0.15) is 9.65 Å². The van der Waals surface area contributed by atoms with E-state index in [0.717, 1.165) is 6.07 Å². The van der Waals surface area contributed by atoms with E-state index in [1.54, 1.807) is 0 Å². The normalized spacial score (nSPS) is 9.18. The number of hydrogen-bond acceptors (Lipinski definition) is 2. The van der Waals surface area contributed by atoms with E-state index < -0.39 is 11.8 Å². The van der Waals surface area contributed by atoms with Crippen molar-refractivity contribution in [3.8, 4) is 6.07 Å². The molecule has 0 spiro atoms. The summed E-state index contributed by atoms with van der Waals surface area (Å²) < 4.78 is 24.7. The quantitative estimate of drug-likeness (QED) is 0.479. The van der Waals surface area contributed by atoms with Crippen molar-refractivity contribution in [1.82, 2.24) is 4.98 Å². The van der Waals surface area contributed by atoms with Gasteiger partial charge in [-0.3, -0.25) is 0 Å². The minimum atomic E-state index is -0.904. The van der Waals surface area contributed by atoms with Crippen LogP contribution in [0.2, 0.25) is 0 Å². The summed E-state index contributed by atoms with van der Waals surface area (Å²) in [5.74, 6) is -1.70. The predicted molar refractivity (Wildman–Crippen MR) is 36.3 cm³/mol. The number of hydrogen-bond donors (Lipinski definition) is 1. The smallest absolute Gasteiger partial charge is 0.210 e. The second-order valence-electron chi connectivity index (χ2n) is 1.79. The van der Waals surface area contributed by atoms with Gasteiger partial charge < -0.3 is 4.98 Å². The highest BCUT2D eigenvalue weighted by Crippen LogP contribution is 2.05. The SMILES string of the molecule is N#Cc1cc(F)c(=S)[nH]c1F. The minimum absolute atomic E-state index is 0.332. The average molecular weight is 172 g/mol. The van der Waals surface area contributed by atoms with Gasteiger partial charge in [0, 0.05) is 0 Å². The summed E-state index contributed by atoms with van der Waals surface area (Å²) >= 11 is 4.37. The standard InChI is InChI=1S/C6H2F2N2S/c7-4-1-3(2-9)5(8)10-6(4)11/h1H,(H,10,11). The first kappa shape index (κ1) is 7.82. The van der Waals surface area contributed by atoms with Crippen molar-refractivity contribution in [2.75, 3.05) is 0 Å². The van der Waals surface area contributed by atoms with Crippen LogP contribution in [0.5, 0.6) is 0 Å². The number of rotatable bonds is 0. The molecule has 0 fully saturated rings. The molecular weight excluding hydrogens is 170 g/mol. The summed E-state index contributed by atoms with van der Waals surface area (Å²) in [4.78, 5) is 1.91. The number of H-pyrrole nitrogens is 1. The first-order chi connectivity index (χ1) is 5.15. The molecule has 0 amide bonds. The Morgan fingerprint density at radius 3 is 2.73 bits per heavy atom. The van der Waals surface area contributed by atoms with E-state index >= 15 is 0 Å². The Balaban J connectivity index is 3.47. The van der Waals surface area contributed by atoms with Gasteiger partial charge in [-0.15, -0.1) is 0 Å². The number of nitrogens with zero attached hydrogens (tertiary/aromatic N) is 1. The molecule has 2 nitrogen and oxygen atoms in total. The maximum Gasteiger partial charge on any atom is 0.210 e. The fraction of sp³-hybridized carbons (Fsp3) is 0. The third kappa shape index (κ3) is 1.41. The molecule has 0 unspecified atom stereocenters. The summed E-state index contributed by atoms with van der Waals surface area (Å²) in [6.07, 6.45) is 0. The lowest BCUT2D eigenvalue weighted by atomic mass is 10.3.